The number of esters is 1. The van der Waals surface area contributed by atoms with E-state index >= 15 is 0 Å². The van der Waals surface area contributed by atoms with Crippen LogP contribution >= 0.6 is 0 Å². The Hall–Kier alpha value is -2.51. The van der Waals surface area contributed by atoms with Gasteiger partial charge < -0.3 is 14.2 Å². The van der Waals surface area contributed by atoms with Gasteiger partial charge in [0.2, 0.25) is 0 Å². The maximum atomic E-state index is 12.6. The van der Waals surface area contributed by atoms with Gasteiger partial charge in [0.1, 0.15) is 12.0 Å². The van der Waals surface area contributed by atoms with E-state index in [1.165, 1.54) is 0 Å². The number of aryl methyl sites for hydroxylation is 1. The summed E-state index contributed by atoms with van der Waals surface area (Å²) >= 11 is 0. The Labute approximate surface area is 177 Å². The SMILES string of the molecule is Cn1ncc(COC2CCCCO2)c1-c1cccc(C(=O)CC(=O)OC(C)(C)C)c1. The minimum absolute atomic E-state index is 0.187. The molecule has 162 valence electrons. The van der Waals surface area contributed by atoms with E-state index in [1.807, 2.05) is 13.1 Å². The van der Waals surface area contributed by atoms with Crippen molar-refractivity contribution in [1.82, 2.24) is 9.78 Å². The highest BCUT2D eigenvalue weighted by atomic mass is 16.7. The lowest BCUT2D eigenvalue weighted by atomic mass is 10.0. The second kappa shape index (κ2) is 9.53. The Balaban J connectivity index is 1.73. The molecule has 0 aliphatic carbocycles. The molecule has 0 spiro atoms. The number of ketones is 1. The molecule has 1 saturated heterocycles. The number of ether oxygens (including phenoxy) is 3. The molecule has 3 rings (SSSR count). The number of Topliss-reactive ketones (excluding diaryl/α,β-unsaturated/α-hetero) is 1. The summed E-state index contributed by atoms with van der Waals surface area (Å²) in [6.45, 7) is 6.44. The first-order valence-corrected chi connectivity index (χ1v) is 10.3. The highest BCUT2D eigenvalue weighted by molar-refractivity contribution is 6.06. The van der Waals surface area contributed by atoms with Gasteiger partial charge in [-0.05, 0) is 46.1 Å². The monoisotopic (exact) mass is 414 g/mol. The fourth-order valence-corrected chi connectivity index (χ4v) is 3.44. The van der Waals surface area contributed by atoms with E-state index in [0.717, 1.165) is 42.7 Å². The van der Waals surface area contributed by atoms with Gasteiger partial charge in [0.05, 0.1) is 18.5 Å². The van der Waals surface area contributed by atoms with E-state index in [0.29, 0.717) is 12.2 Å². The Morgan fingerprint density at radius 2 is 2.07 bits per heavy atom. The number of carbonyl (C=O) groups is 2. The minimum Gasteiger partial charge on any atom is -0.460 e. The third kappa shape index (κ3) is 6.00. The first-order chi connectivity index (χ1) is 14.2. The van der Waals surface area contributed by atoms with Crippen molar-refractivity contribution in [2.45, 2.75) is 65.0 Å². The van der Waals surface area contributed by atoms with Gasteiger partial charge in [0.25, 0.3) is 0 Å². The predicted octanol–water partition coefficient (Wildman–Crippen LogP) is 4.04. The maximum absolute atomic E-state index is 12.6. The molecule has 1 aromatic carbocycles. The molecule has 30 heavy (non-hydrogen) atoms. The number of carbonyl (C=O) groups excluding carboxylic acids is 2. The molecule has 0 radical (unpaired) electrons. The highest BCUT2D eigenvalue weighted by Crippen LogP contribution is 2.26. The predicted molar refractivity (Wildman–Crippen MR) is 112 cm³/mol. The Kier molecular flexibility index (Phi) is 7.05. The Morgan fingerprint density at radius 1 is 1.27 bits per heavy atom. The minimum atomic E-state index is -0.620. The zero-order valence-corrected chi connectivity index (χ0v) is 18.1. The third-order valence-corrected chi connectivity index (χ3v) is 4.76. The molecule has 1 atom stereocenters. The van der Waals surface area contributed by atoms with Gasteiger partial charge in [-0.25, -0.2) is 0 Å². The van der Waals surface area contributed by atoms with Crippen LogP contribution < -0.4 is 0 Å². The van der Waals surface area contributed by atoms with Crippen molar-refractivity contribution in [2.75, 3.05) is 6.61 Å². The standard InChI is InChI=1S/C23H30N2O5/c1-23(2,3)30-20(27)13-19(26)16-8-7-9-17(12-16)22-18(14-24-25(22)4)15-29-21-10-5-6-11-28-21/h7-9,12,14,21H,5-6,10-11,13,15H2,1-4H3. The molecule has 2 aromatic rings. The van der Waals surface area contributed by atoms with Crippen LogP contribution in [0.5, 0.6) is 0 Å². The number of aromatic nitrogens is 2. The van der Waals surface area contributed by atoms with Gasteiger partial charge in [-0.1, -0.05) is 18.2 Å². The van der Waals surface area contributed by atoms with E-state index in [4.69, 9.17) is 14.2 Å². The van der Waals surface area contributed by atoms with Crippen LogP contribution in [-0.4, -0.2) is 40.0 Å². The summed E-state index contributed by atoms with van der Waals surface area (Å²) in [7, 11) is 1.85. The van der Waals surface area contributed by atoms with Crippen LogP contribution in [0.1, 0.15) is 62.4 Å². The molecule has 7 heteroatoms. The second-order valence-electron chi connectivity index (χ2n) is 8.52. The van der Waals surface area contributed by atoms with Crippen LogP contribution in [0.25, 0.3) is 11.3 Å². The summed E-state index contributed by atoms with van der Waals surface area (Å²) in [6.07, 6.45) is 4.36. The molecule has 0 N–H and O–H groups in total. The summed E-state index contributed by atoms with van der Waals surface area (Å²) in [5.41, 5.74) is 2.47. The molecule has 1 aliphatic heterocycles. The molecule has 2 heterocycles. The first kappa shape index (κ1) is 22.2. The van der Waals surface area contributed by atoms with Crippen molar-refractivity contribution in [3.05, 3.63) is 41.6 Å². The quantitative estimate of drug-likeness (QED) is 0.386. The van der Waals surface area contributed by atoms with Gasteiger partial charge in [-0.3, -0.25) is 14.3 Å². The van der Waals surface area contributed by atoms with Crippen molar-refractivity contribution in [3.63, 3.8) is 0 Å². The molecular weight excluding hydrogens is 384 g/mol. The topological polar surface area (TPSA) is 79.7 Å². The number of rotatable bonds is 7. The van der Waals surface area contributed by atoms with Crippen molar-refractivity contribution in [2.24, 2.45) is 7.05 Å². The van der Waals surface area contributed by atoms with E-state index in [1.54, 1.807) is 49.8 Å². The lowest BCUT2D eigenvalue weighted by Crippen LogP contribution is -2.25. The lowest BCUT2D eigenvalue weighted by molar-refractivity contribution is -0.168. The lowest BCUT2D eigenvalue weighted by Gasteiger charge is -2.22. The zero-order valence-electron chi connectivity index (χ0n) is 18.1. The Bertz CT molecular complexity index is 891. The van der Waals surface area contributed by atoms with Gasteiger partial charge in [0, 0.05) is 30.3 Å². The molecule has 1 unspecified atom stereocenters. The molecule has 0 amide bonds. The number of benzene rings is 1. The highest BCUT2D eigenvalue weighted by Gasteiger charge is 2.21. The zero-order chi connectivity index (χ0) is 21.7. The van der Waals surface area contributed by atoms with E-state index in [9.17, 15) is 9.59 Å². The van der Waals surface area contributed by atoms with Gasteiger partial charge in [-0.2, -0.15) is 5.10 Å². The molecular formula is C23H30N2O5. The fourth-order valence-electron chi connectivity index (χ4n) is 3.44. The van der Waals surface area contributed by atoms with Gasteiger partial charge in [-0.15, -0.1) is 0 Å². The van der Waals surface area contributed by atoms with Gasteiger partial charge >= 0.3 is 5.97 Å². The van der Waals surface area contributed by atoms with Crippen molar-refractivity contribution >= 4 is 11.8 Å². The van der Waals surface area contributed by atoms with Gasteiger partial charge in [0.15, 0.2) is 12.1 Å². The summed E-state index contributed by atoms with van der Waals surface area (Å²) in [5, 5.41) is 4.36. The smallest absolute Gasteiger partial charge is 0.314 e. The number of nitrogens with zero attached hydrogens (tertiary/aromatic N) is 2. The van der Waals surface area contributed by atoms with Crippen molar-refractivity contribution < 1.29 is 23.8 Å². The van der Waals surface area contributed by atoms with Crippen LogP contribution in [0.2, 0.25) is 0 Å². The normalized spacial score (nSPS) is 17.0. The van der Waals surface area contributed by atoms with Crippen LogP contribution in [0.3, 0.4) is 0 Å². The molecule has 7 nitrogen and oxygen atoms in total. The van der Waals surface area contributed by atoms with Crippen molar-refractivity contribution in [1.29, 1.82) is 0 Å². The third-order valence-electron chi connectivity index (χ3n) is 4.76. The van der Waals surface area contributed by atoms with E-state index in [2.05, 4.69) is 5.10 Å². The maximum Gasteiger partial charge on any atom is 0.314 e. The van der Waals surface area contributed by atoms with Crippen LogP contribution in [-0.2, 0) is 32.7 Å². The van der Waals surface area contributed by atoms with Crippen molar-refractivity contribution in [3.8, 4) is 11.3 Å². The summed E-state index contributed by atoms with van der Waals surface area (Å²) < 4.78 is 18.6. The summed E-state index contributed by atoms with van der Waals surface area (Å²) in [6, 6.07) is 7.21. The largest absolute Gasteiger partial charge is 0.460 e. The molecule has 0 bridgehead atoms. The molecule has 0 saturated carbocycles. The van der Waals surface area contributed by atoms with E-state index < -0.39 is 11.6 Å². The fraction of sp³-hybridized carbons (Fsp3) is 0.522. The molecule has 1 fully saturated rings. The summed E-state index contributed by atoms with van der Waals surface area (Å²) in [5.74, 6) is -0.804. The molecule has 1 aliphatic rings. The average molecular weight is 415 g/mol. The first-order valence-electron chi connectivity index (χ1n) is 10.3. The second-order valence-corrected chi connectivity index (χ2v) is 8.52. The average Bonchev–Trinajstić information content (AvgIpc) is 3.06. The van der Waals surface area contributed by atoms with Crippen LogP contribution in [0, 0.1) is 0 Å². The van der Waals surface area contributed by atoms with E-state index in [-0.39, 0.29) is 18.5 Å². The number of hydrogen-bond acceptors (Lipinski definition) is 6. The molecule has 1 aromatic heterocycles. The number of hydrogen-bond donors (Lipinski definition) is 0. The van der Waals surface area contributed by atoms with Crippen LogP contribution in [0.4, 0.5) is 0 Å². The Morgan fingerprint density at radius 3 is 2.77 bits per heavy atom. The van der Waals surface area contributed by atoms with Crippen LogP contribution in [0.15, 0.2) is 30.5 Å². The summed E-state index contributed by atoms with van der Waals surface area (Å²) in [4.78, 5) is 24.6.